The molecule has 0 unspecified atom stereocenters. The molecule has 0 aliphatic heterocycles. The van der Waals surface area contributed by atoms with Gasteiger partial charge in [0.05, 0.1) is 26.4 Å². The fraction of sp³-hybridized carbons (Fsp3) is 1.00. The minimum Gasteiger partial charge on any atom is -0.394 e. The standard InChI is InChI=1S/C20H44O4Si/c1-6-11-14-20(13-8-3,15-12-7-2)25(23-18-16-21-9-4)24-19-17-22-10-5/h25H,6-19H2,1-5H3. The summed E-state index contributed by atoms with van der Waals surface area (Å²) in [6.45, 7) is 15.0. The van der Waals surface area contributed by atoms with Gasteiger partial charge in [-0.2, -0.15) is 0 Å². The first-order chi connectivity index (χ1) is 12.2. The highest BCUT2D eigenvalue weighted by Crippen LogP contribution is 2.46. The van der Waals surface area contributed by atoms with Crippen LogP contribution in [0.2, 0.25) is 5.04 Å². The Hall–Kier alpha value is 0.0569. The maximum absolute atomic E-state index is 6.37. The van der Waals surface area contributed by atoms with Crippen molar-refractivity contribution >= 4 is 9.28 Å². The van der Waals surface area contributed by atoms with Gasteiger partial charge >= 0.3 is 9.28 Å². The lowest BCUT2D eigenvalue weighted by Gasteiger charge is -2.39. The second-order valence-electron chi connectivity index (χ2n) is 6.79. The molecule has 5 heteroatoms. The van der Waals surface area contributed by atoms with Crippen LogP contribution in [0.5, 0.6) is 0 Å². The maximum atomic E-state index is 6.37. The predicted molar refractivity (Wildman–Crippen MR) is 109 cm³/mol. The van der Waals surface area contributed by atoms with Gasteiger partial charge in [0.1, 0.15) is 0 Å². The molecule has 0 amide bonds. The first kappa shape index (κ1) is 25.1. The van der Waals surface area contributed by atoms with E-state index in [9.17, 15) is 0 Å². The number of rotatable bonds is 19. The lowest BCUT2D eigenvalue weighted by atomic mass is 9.90. The molecule has 0 aliphatic rings. The van der Waals surface area contributed by atoms with E-state index >= 15 is 0 Å². The monoisotopic (exact) mass is 376 g/mol. The van der Waals surface area contributed by atoms with Crippen LogP contribution in [0.1, 0.15) is 86.0 Å². The summed E-state index contributed by atoms with van der Waals surface area (Å²) in [7, 11) is -1.81. The van der Waals surface area contributed by atoms with Crippen LogP contribution in [0.3, 0.4) is 0 Å². The van der Waals surface area contributed by atoms with E-state index in [1.54, 1.807) is 0 Å². The summed E-state index contributed by atoms with van der Waals surface area (Å²) in [4.78, 5) is 0. The van der Waals surface area contributed by atoms with Crippen molar-refractivity contribution in [1.29, 1.82) is 0 Å². The van der Waals surface area contributed by atoms with Crippen molar-refractivity contribution in [2.45, 2.75) is 91.0 Å². The van der Waals surface area contributed by atoms with E-state index < -0.39 is 9.28 Å². The molecule has 0 saturated carbocycles. The van der Waals surface area contributed by atoms with Gasteiger partial charge in [0, 0.05) is 18.3 Å². The van der Waals surface area contributed by atoms with Crippen molar-refractivity contribution < 1.29 is 18.3 Å². The molecule has 152 valence electrons. The Morgan fingerprint density at radius 3 is 1.44 bits per heavy atom. The Bertz CT molecular complexity index is 256. The Labute approximate surface area is 158 Å². The van der Waals surface area contributed by atoms with Gasteiger partial charge in [0.2, 0.25) is 0 Å². The number of hydrogen-bond acceptors (Lipinski definition) is 4. The second kappa shape index (κ2) is 17.5. The summed E-state index contributed by atoms with van der Waals surface area (Å²) in [6.07, 6.45) is 9.86. The highest BCUT2D eigenvalue weighted by Gasteiger charge is 2.41. The summed E-state index contributed by atoms with van der Waals surface area (Å²) < 4.78 is 23.7. The molecule has 0 aliphatic carbocycles. The molecule has 0 atom stereocenters. The van der Waals surface area contributed by atoms with Crippen LogP contribution >= 0.6 is 0 Å². The zero-order chi connectivity index (χ0) is 18.8. The lowest BCUT2D eigenvalue weighted by molar-refractivity contribution is 0.0642. The van der Waals surface area contributed by atoms with Crippen LogP contribution in [-0.4, -0.2) is 48.9 Å². The fourth-order valence-electron chi connectivity index (χ4n) is 3.40. The van der Waals surface area contributed by atoms with E-state index in [-0.39, 0.29) is 5.04 Å². The number of ether oxygens (including phenoxy) is 2. The second-order valence-corrected chi connectivity index (χ2v) is 9.34. The summed E-state index contributed by atoms with van der Waals surface area (Å²) >= 11 is 0. The van der Waals surface area contributed by atoms with Crippen molar-refractivity contribution in [1.82, 2.24) is 0 Å². The van der Waals surface area contributed by atoms with Gasteiger partial charge in [0.25, 0.3) is 0 Å². The van der Waals surface area contributed by atoms with Crippen LogP contribution in [0.4, 0.5) is 0 Å². The Morgan fingerprint density at radius 1 is 0.600 bits per heavy atom. The van der Waals surface area contributed by atoms with Crippen molar-refractivity contribution in [3.63, 3.8) is 0 Å². The molecule has 4 nitrogen and oxygen atoms in total. The van der Waals surface area contributed by atoms with Gasteiger partial charge in [0.15, 0.2) is 0 Å². The highest BCUT2D eigenvalue weighted by molar-refractivity contribution is 6.48. The Morgan fingerprint density at radius 2 is 1.08 bits per heavy atom. The van der Waals surface area contributed by atoms with E-state index in [1.165, 1.54) is 51.4 Å². The van der Waals surface area contributed by atoms with E-state index in [1.807, 2.05) is 13.8 Å². The molecule has 25 heavy (non-hydrogen) atoms. The number of hydrogen-bond donors (Lipinski definition) is 0. The molecular formula is C20H44O4Si. The summed E-state index contributed by atoms with van der Waals surface area (Å²) in [6, 6.07) is 0. The predicted octanol–water partition coefficient (Wildman–Crippen LogP) is 5.23. The van der Waals surface area contributed by atoms with Gasteiger partial charge in [-0.1, -0.05) is 52.9 Å². The quantitative estimate of drug-likeness (QED) is 0.228. The normalized spacial score (nSPS) is 12.2. The van der Waals surface area contributed by atoms with Crippen LogP contribution in [-0.2, 0) is 18.3 Å². The van der Waals surface area contributed by atoms with E-state index in [0.29, 0.717) is 26.4 Å². The van der Waals surface area contributed by atoms with Gasteiger partial charge in [-0.3, -0.25) is 0 Å². The van der Waals surface area contributed by atoms with Gasteiger partial charge in [-0.25, -0.2) is 0 Å². The zero-order valence-corrected chi connectivity index (χ0v) is 18.8. The van der Waals surface area contributed by atoms with Crippen LogP contribution in [0.25, 0.3) is 0 Å². The molecule has 0 aromatic rings. The van der Waals surface area contributed by atoms with Crippen LogP contribution in [0.15, 0.2) is 0 Å². The largest absolute Gasteiger partial charge is 0.394 e. The minimum atomic E-state index is -1.81. The molecule has 0 spiro atoms. The molecule has 0 aromatic carbocycles. The molecule has 0 aromatic heterocycles. The fourth-order valence-corrected chi connectivity index (χ4v) is 6.23. The average Bonchev–Trinajstić information content (AvgIpc) is 2.63. The summed E-state index contributed by atoms with van der Waals surface area (Å²) in [5.74, 6) is 0. The molecule has 0 N–H and O–H groups in total. The van der Waals surface area contributed by atoms with Crippen LogP contribution in [0, 0.1) is 0 Å². The lowest BCUT2D eigenvalue weighted by Crippen LogP contribution is -2.40. The highest BCUT2D eigenvalue weighted by atomic mass is 28.3. The van der Waals surface area contributed by atoms with Crippen molar-refractivity contribution in [2.75, 3.05) is 39.6 Å². The van der Waals surface area contributed by atoms with E-state index in [4.69, 9.17) is 18.3 Å². The molecule has 0 bridgehead atoms. The van der Waals surface area contributed by atoms with Crippen molar-refractivity contribution in [3.8, 4) is 0 Å². The number of unbranched alkanes of at least 4 members (excludes halogenated alkanes) is 2. The molecule has 0 radical (unpaired) electrons. The third kappa shape index (κ3) is 11.4. The minimum absolute atomic E-state index is 0.249. The SMILES string of the molecule is CCCCC(CCC)(CCCC)[SiH](OCCOCC)OCCOCC. The van der Waals surface area contributed by atoms with Gasteiger partial charge < -0.3 is 18.3 Å². The Kier molecular flexibility index (Phi) is 17.5. The topological polar surface area (TPSA) is 36.9 Å². The average molecular weight is 377 g/mol. The molecule has 0 rings (SSSR count). The third-order valence-electron chi connectivity index (χ3n) is 4.71. The smallest absolute Gasteiger partial charge is 0.328 e. The third-order valence-corrected chi connectivity index (χ3v) is 7.65. The molecule has 0 saturated heterocycles. The summed E-state index contributed by atoms with van der Waals surface area (Å²) in [5.41, 5.74) is 0. The Balaban J connectivity index is 5.04. The van der Waals surface area contributed by atoms with E-state index in [2.05, 4.69) is 20.8 Å². The van der Waals surface area contributed by atoms with Crippen molar-refractivity contribution in [2.24, 2.45) is 0 Å². The van der Waals surface area contributed by atoms with E-state index in [0.717, 1.165) is 13.2 Å². The first-order valence-corrected chi connectivity index (χ1v) is 12.1. The summed E-state index contributed by atoms with van der Waals surface area (Å²) in [5, 5.41) is 0.249. The molecule has 0 heterocycles. The zero-order valence-electron chi connectivity index (χ0n) is 17.6. The maximum Gasteiger partial charge on any atom is 0.328 e. The molecule has 0 fully saturated rings. The van der Waals surface area contributed by atoms with Gasteiger partial charge in [-0.15, -0.1) is 0 Å². The van der Waals surface area contributed by atoms with Gasteiger partial charge in [-0.05, 0) is 33.1 Å². The van der Waals surface area contributed by atoms with Crippen LogP contribution < -0.4 is 0 Å². The first-order valence-electron chi connectivity index (χ1n) is 10.6. The molecular weight excluding hydrogens is 332 g/mol. The van der Waals surface area contributed by atoms with Crippen molar-refractivity contribution in [3.05, 3.63) is 0 Å².